The second-order valence-electron chi connectivity index (χ2n) is 9.01. The Morgan fingerprint density at radius 1 is 0.902 bits per heavy atom. The molecule has 0 spiro atoms. The number of rotatable bonds is 8. The van der Waals surface area contributed by atoms with Gasteiger partial charge in [0.2, 0.25) is 0 Å². The molecule has 0 saturated carbocycles. The number of urea groups is 1. The molecule has 8 nitrogen and oxygen atoms in total. The topological polar surface area (TPSA) is 85.0 Å². The Balaban J connectivity index is 1.23. The SMILES string of the molecule is COCN1CCc2c(Oc3ccc(NC(=O)Nc4ccc(Oc5ccc(F)cc5)c(C(F)(F)F)c4)cc3)ccnc21. The molecule has 212 valence electrons. The van der Waals surface area contributed by atoms with E-state index in [2.05, 4.69) is 15.6 Å². The Morgan fingerprint density at radius 3 is 2.22 bits per heavy atom. The maximum Gasteiger partial charge on any atom is 0.420 e. The standard InChI is InChI=1S/C29H24F4N4O4/c1-39-17-37-15-13-23-25(12-14-34-27(23)37)40-22-9-4-19(5-10-22)35-28(38)36-20-6-11-26(24(16-20)29(31,32)33)41-21-7-2-18(30)3-8-21/h2-12,14,16H,13,15,17H2,1H3,(H2,35,36,38). The van der Waals surface area contributed by atoms with E-state index in [4.69, 9.17) is 14.2 Å². The largest absolute Gasteiger partial charge is 0.457 e. The van der Waals surface area contributed by atoms with Crippen molar-refractivity contribution < 1.29 is 36.6 Å². The molecule has 0 unspecified atom stereocenters. The van der Waals surface area contributed by atoms with Gasteiger partial charge in [-0.3, -0.25) is 0 Å². The molecule has 0 fully saturated rings. The normalized spacial score (nSPS) is 12.6. The second-order valence-corrected chi connectivity index (χ2v) is 9.01. The molecule has 0 aliphatic carbocycles. The van der Waals surface area contributed by atoms with Crippen LogP contribution in [0.4, 0.5) is 39.5 Å². The predicted molar refractivity (Wildman–Crippen MR) is 144 cm³/mol. The minimum atomic E-state index is -4.77. The molecule has 41 heavy (non-hydrogen) atoms. The zero-order chi connectivity index (χ0) is 29.0. The number of pyridine rings is 1. The van der Waals surface area contributed by atoms with Crippen molar-refractivity contribution >= 4 is 23.2 Å². The molecular formula is C29H24F4N4O4. The number of halogens is 4. The minimum absolute atomic E-state index is 0.0316. The fourth-order valence-electron chi connectivity index (χ4n) is 4.28. The molecule has 5 rings (SSSR count). The van der Waals surface area contributed by atoms with Crippen molar-refractivity contribution in [1.29, 1.82) is 0 Å². The maximum atomic E-state index is 13.7. The third-order valence-electron chi connectivity index (χ3n) is 6.13. The summed E-state index contributed by atoms with van der Waals surface area (Å²) < 4.78 is 70.8. The highest BCUT2D eigenvalue weighted by molar-refractivity contribution is 5.99. The number of fused-ring (bicyclic) bond motifs is 1. The van der Waals surface area contributed by atoms with Gasteiger partial charge in [0.15, 0.2) is 0 Å². The number of aromatic nitrogens is 1. The van der Waals surface area contributed by atoms with Crippen LogP contribution in [0.2, 0.25) is 0 Å². The second kappa shape index (κ2) is 11.7. The van der Waals surface area contributed by atoms with Gasteiger partial charge in [0.05, 0.1) is 0 Å². The number of methoxy groups -OCH3 is 1. The highest BCUT2D eigenvalue weighted by atomic mass is 19.4. The lowest BCUT2D eigenvalue weighted by molar-refractivity contribution is -0.138. The Kier molecular flexibility index (Phi) is 7.92. The van der Waals surface area contributed by atoms with Crippen LogP contribution in [-0.2, 0) is 17.3 Å². The number of ether oxygens (including phenoxy) is 3. The van der Waals surface area contributed by atoms with E-state index in [1.54, 1.807) is 43.6 Å². The monoisotopic (exact) mass is 568 g/mol. The highest BCUT2D eigenvalue weighted by Gasteiger charge is 2.35. The number of carbonyl (C=O) groups excluding carboxylic acids is 1. The molecule has 4 aromatic rings. The quantitative estimate of drug-likeness (QED) is 0.215. The molecule has 0 bridgehead atoms. The number of benzene rings is 3. The van der Waals surface area contributed by atoms with Gasteiger partial charge in [0.25, 0.3) is 0 Å². The van der Waals surface area contributed by atoms with Gasteiger partial charge in [-0.1, -0.05) is 0 Å². The van der Waals surface area contributed by atoms with Crippen molar-refractivity contribution in [2.75, 3.05) is 35.9 Å². The first kappa shape index (κ1) is 27.7. The predicted octanol–water partition coefficient (Wildman–Crippen LogP) is 7.43. The molecule has 2 amide bonds. The van der Waals surface area contributed by atoms with Gasteiger partial charge in [-0.2, -0.15) is 13.2 Å². The number of anilines is 3. The molecule has 0 atom stereocenters. The molecule has 12 heteroatoms. The lowest BCUT2D eigenvalue weighted by atomic mass is 10.1. The molecule has 2 heterocycles. The summed E-state index contributed by atoms with van der Waals surface area (Å²) in [6.07, 6.45) is -2.35. The summed E-state index contributed by atoms with van der Waals surface area (Å²) in [5.41, 5.74) is 0.163. The number of alkyl halides is 3. The van der Waals surface area contributed by atoms with Crippen molar-refractivity contribution in [2.45, 2.75) is 12.6 Å². The van der Waals surface area contributed by atoms with Crippen LogP contribution in [0.25, 0.3) is 0 Å². The van der Waals surface area contributed by atoms with Gasteiger partial charge in [-0.25, -0.2) is 14.2 Å². The summed E-state index contributed by atoms with van der Waals surface area (Å²) in [6, 6.07) is 15.2. The van der Waals surface area contributed by atoms with Crippen LogP contribution >= 0.6 is 0 Å². The van der Waals surface area contributed by atoms with Gasteiger partial charge >= 0.3 is 12.2 Å². The van der Waals surface area contributed by atoms with Crippen LogP contribution in [-0.4, -0.2) is 31.4 Å². The average molecular weight is 569 g/mol. The lowest BCUT2D eigenvalue weighted by Gasteiger charge is -2.17. The molecule has 0 radical (unpaired) electrons. The van der Waals surface area contributed by atoms with Crippen LogP contribution < -0.4 is 25.0 Å². The Labute approximate surface area is 232 Å². The van der Waals surface area contributed by atoms with Crippen LogP contribution in [0.1, 0.15) is 11.1 Å². The van der Waals surface area contributed by atoms with E-state index in [0.29, 0.717) is 23.9 Å². The Hall–Kier alpha value is -4.84. The van der Waals surface area contributed by atoms with Crippen molar-refractivity contribution in [3.63, 3.8) is 0 Å². The molecule has 2 N–H and O–H groups in total. The van der Waals surface area contributed by atoms with E-state index in [-0.39, 0.29) is 11.4 Å². The summed E-state index contributed by atoms with van der Waals surface area (Å²) >= 11 is 0. The molecule has 3 aromatic carbocycles. The molecule has 0 saturated heterocycles. The lowest BCUT2D eigenvalue weighted by Crippen LogP contribution is -2.23. The van der Waals surface area contributed by atoms with Crippen molar-refractivity contribution in [2.24, 2.45) is 0 Å². The number of nitrogens with zero attached hydrogens (tertiary/aromatic N) is 2. The van der Waals surface area contributed by atoms with Gasteiger partial charge < -0.3 is 29.7 Å². The van der Waals surface area contributed by atoms with Gasteiger partial charge in [-0.15, -0.1) is 0 Å². The average Bonchev–Trinajstić information content (AvgIpc) is 3.35. The summed E-state index contributed by atoms with van der Waals surface area (Å²) in [7, 11) is 1.62. The van der Waals surface area contributed by atoms with Crippen molar-refractivity contribution in [3.05, 3.63) is 95.9 Å². The minimum Gasteiger partial charge on any atom is -0.457 e. The third-order valence-corrected chi connectivity index (χ3v) is 6.13. The molecule has 1 aliphatic heterocycles. The van der Waals surface area contributed by atoms with Crippen LogP contribution in [0, 0.1) is 5.82 Å². The van der Waals surface area contributed by atoms with E-state index >= 15 is 0 Å². The van der Waals surface area contributed by atoms with Crippen LogP contribution in [0.3, 0.4) is 0 Å². The van der Waals surface area contributed by atoms with Crippen LogP contribution in [0.5, 0.6) is 23.0 Å². The molecular weight excluding hydrogens is 544 g/mol. The van der Waals surface area contributed by atoms with E-state index in [9.17, 15) is 22.4 Å². The van der Waals surface area contributed by atoms with Crippen molar-refractivity contribution in [3.8, 4) is 23.0 Å². The van der Waals surface area contributed by atoms with Gasteiger partial charge in [0, 0.05) is 36.8 Å². The number of carbonyl (C=O) groups is 1. The zero-order valence-corrected chi connectivity index (χ0v) is 21.7. The summed E-state index contributed by atoms with van der Waals surface area (Å²) in [5, 5.41) is 4.97. The number of nitrogens with one attached hydrogen (secondary N) is 2. The zero-order valence-electron chi connectivity index (χ0n) is 21.7. The van der Waals surface area contributed by atoms with Crippen LogP contribution in [0.15, 0.2) is 79.0 Å². The first-order valence-corrected chi connectivity index (χ1v) is 12.4. The van der Waals surface area contributed by atoms with Crippen molar-refractivity contribution in [1.82, 2.24) is 4.98 Å². The van der Waals surface area contributed by atoms with Gasteiger partial charge in [-0.05, 0) is 79.2 Å². The number of hydrogen-bond acceptors (Lipinski definition) is 6. The fourth-order valence-corrected chi connectivity index (χ4v) is 4.28. The van der Waals surface area contributed by atoms with E-state index < -0.39 is 29.3 Å². The summed E-state index contributed by atoms with van der Waals surface area (Å²) in [6.45, 7) is 1.19. The first-order chi connectivity index (χ1) is 19.7. The van der Waals surface area contributed by atoms with E-state index in [1.165, 1.54) is 18.2 Å². The molecule has 1 aliphatic rings. The Bertz CT molecular complexity index is 1530. The summed E-state index contributed by atoms with van der Waals surface area (Å²) in [4.78, 5) is 18.9. The highest BCUT2D eigenvalue weighted by Crippen LogP contribution is 2.40. The molecule has 1 aromatic heterocycles. The maximum absolute atomic E-state index is 13.7. The first-order valence-electron chi connectivity index (χ1n) is 12.4. The fraction of sp³-hybridized carbons (Fsp3) is 0.172. The summed E-state index contributed by atoms with van der Waals surface area (Å²) in [5.74, 6) is 0.998. The van der Waals surface area contributed by atoms with Gasteiger partial charge in [0.1, 0.15) is 46.9 Å². The number of amides is 2. The van der Waals surface area contributed by atoms with E-state index in [0.717, 1.165) is 48.6 Å². The Morgan fingerprint density at radius 2 is 1.54 bits per heavy atom. The van der Waals surface area contributed by atoms with E-state index in [1.807, 2.05) is 4.90 Å². The third kappa shape index (κ3) is 6.67. The number of hydrogen-bond donors (Lipinski definition) is 2. The smallest absolute Gasteiger partial charge is 0.420 e.